The van der Waals surface area contributed by atoms with E-state index < -0.39 is 0 Å². The summed E-state index contributed by atoms with van der Waals surface area (Å²) in [5.74, 6) is 2.84. The molecule has 2 aliphatic heterocycles. The van der Waals surface area contributed by atoms with E-state index in [0.717, 1.165) is 35.7 Å². The van der Waals surface area contributed by atoms with Crippen molar-refractivity contribution >= 4 is 29.3 Å². The average Bonchev–Trinajstić information content (AvgIpc) is 2.94. The number of carbonyl (C=O) groups is 1. The molecule has 0 N–H and O–H groups in total. The zero-order chi connectivity index (χ0) is 14.7. The number of halogens is 1. The minimum Gasteiger partial charge on any atom is -0.374 e. The summed E-state index contributed by atoms with van der Waals surface area (Å²) in [6.45, 7) is 0.707. The van der Waals surface area contributed by atoms with Gasteiger partial charge < -0.3 is 4.74 Å². The normalized spacial score (nSPS) is 28.9. The summed E-state index contributed by atoms with van der Waals surface area (Å²) in [5.41, 5.74) is -0.0379. The Kier molecular flexibility index (Phi) is 4.92. The number of rotatable bonds is 4. The Morgan fingerprint density at radius 2 is 2.24 bits per heavy atom. The van der Waals surface area contributed by atoms with E-state index in [4.69, 9.17) is 4.74 Å². The number of hydrogen-bond acceptors (Lipinski definition) is 4. The minimum atomic E-state index is -0.240. The van der Waals surface area contributed by atoms with Crippen molar-refractivity contribution in [3.63, 3.8) is 0 Å². The smallest absolute Gasteiger partial charge is 0.146 e. The summed E-state index contributed by atoms with van der Waals surface area (Å²) in [6, 6.07) is 6.33. The van der Waals surface area contributed by atoms with E-state index in [-0.39, 0.29) is 17.3 Å². The van der Waals surface area contributed by atoms with Crippen LogP contribution in [0.3, 0.4) is 0 Å². The van der Waals surface area contributed by atoms with E-state index in [2.05, 4.69) is 0 Å². The summed E-state index contributed by atoms with van der Waals surface area (Å²) >= 11 is 3.43. The van der Waals surface area contributed by atoms with Gasteiger partial charge in [0.1, 0.15) is 11.6 Å². The van der Waals surface area contributed by atoms with E-state index in [0.29, 0.717) is 18.1 Å². The first-order valence-corrected chi connectivity index (χ1v) is 9.44. The van der Waals surface area contributed by atoms with Crippen molar-refractivity contribution in [2.24, 2.45) is 5.92 Å². The van der Waals surface area contributed by atoms with Crippen LogP contribution < -0.4 is 0 Å². The van der Waals surface area contributed by atoms with Gasteiger partial charge in [0.15, 0.2) is 0 Å². The number of hydrogen-bond donors (Lipinski definition) is 0. The van der Waals surface area contributed by atoms with Crippen molar-refractivity contribution in [1.29, 1.82) is 0 Å². The number of benzene rings is 1. The largest absolute Gasteiger partial charge is 0.374 e. The molecule has 2 saturated heterocycles. The molecule has 1 aromatic carbocycles. The third kappa shape index (κ3) is 3.82. The second kappa shape index (κ2) is 6.71. The zero-order valence-corrected chi connectivity index (χ0v) is 13.5. The molecule has 1 aromatic rings. The van der Waals surface area contributed by atoms with Gasteiger partial charge in [-0.2, -0.15) is 11.8 Å². The lowest BCUT2D eigenvalue weighted by atomic mass is 9.83. The Balaban J connectivity index is 1.54. The van der Waals surface area contributed by atoms with Crippen LogP contribution in [0.2, 0.25) is 0 Å². The van der Waals surface area contributed by atoms with Gasteiger partial charge in [-0.15, -0.1) is 11.8 Å². The molecule has 0 radical (unpaired) electrons. The zero-order valence-electron chi connectivity index (χ0n) is 11.8. The van der Waals surface area contributed by atoms with Crippen molar-refractivity contribution in [2.75, 3.05) is 23.9 Å². The number of thioether (sulfide) groups is 2. The summed E-state index contributed by atoms with van der Waals surface area (Å²) in [7, 11) is 0. The molecule has 1 spiro atoms. The number of carbonyl (C=O) groups excluding carboxylic acids is 1. The first-order chi connectivity index (χ1) is 10.2. The molecule has 2 aliphatic rings. The Bertz CT molecular complexity index is 498. The molecular weight excluding hydrogens is 307 g/mol. The van der Waals surface area contributed by atoms with Crippen LogP contribution in [0, 0.1) is 11.7 Å². The van der Waals surface area contributed by atoms with E-state index in [9.17, 15) is 9.18 Å². The first kappa shape index (κ1) is 15.4. The van der Waals surface area contributed by atoms with Crippen LogP contribution in [-0.4, -0.2) is 35.2 Å². The molecule has 2 fully saturated rings. The quantitative estimate of drug-likeness (QED) is 0.787. The lowest BCUT2D eigenvalue weighted by molar-refractivity contribution is -0.131. The van der Waals surface area contributed by atoms with E-state index in [1.54, 1.807) is 12.1 Å². The lowest BCUT2D eigenvalue weighted by Gasteiger charge is -2.37. The van der Waals surface area contributed by atoms with Gasteiger partial charge in [-0.25, -0.2) is 4.39 Å². The van der Waals surface area contributed by atoms with Gasteiger partial charge in [0.25, 0.3) is 0 Å². The molecule has 114 valence electrons. The predicted octanol–water partition coefficient (Wildman–Crippen LogP) is 3.79. The predicted molar refractivity (Wildman–Crippen MR) is 85.5 cm³/mol. The molecule has 3 rings (SSSR count). The highest BCUT2D eigenvalue weighted by atomic mass is 32.2. The average molecular weight is 326 g/mol. The fourth-order valence-corrected chi connectivity index (χ4v) is 5.22. The fourth-order valence-electron chi connectivity index (χ4n) is 2.97. The SMILES string of the molecule is O=C(CSc1ccc(F)cc1)C1CCOC2(CCSC2)C1. The van der Waals surface area contributed by atoms with Crippen molar-refractivity contribution < 1.29 is 13.9 Å². The van der Waals surface area contributed by atoms with Crippen LogP contribution in [0.5, 0.6) is 0 Å². The molecule has 0 bridgehead atoms. The number of ether oxygens (including phenoxy) is 1. The highest BCUT2D eigenvalue weighted by molar-refractivity contribution is 8.00. The summed E-state index contributed by atoms with van der Waals surface area (Å²) in [5, 5.41) is 0. The fraction of sp³-hybridized carbons (Fsp3) is 0.562. The number of ketones is 1. The molecule has 0 aliphatic carbocycles. The Labute approximate surface area is 133 Å². The van der Waals surface area contributed by atoms with Crippen molar-refractivity contribution in [3.8, 4) is 0 Å². The Morgan fingerprint density at radius 3 is 2.95 bits per heavy atom. The molecule has 5 heteroatoms. The molecule has 2 unspecified atom stereocenters. The topological polar surface area (TPSA) is 26.3 Å². The highest BCUT2D eigenvalue weighted by Gasteiger charge is 2.42. The maximum atomic E-state index is 12.9. The van der Waals surface area contributed by atoms with Gasteiger partial charge in [0.05, 0.1) is 11.4 Å². The summed E-state index contributed by atoms with van der Waals surface area (Å²) < 4.78 is 18.8. The second-order valence-corrected chi connectivity index (χ2v) is 7.89. The summed E-state index contributed by atoms with van der Waals surface area (Å²) in [4.78, 5) is 13.4. The van der Waals surface area contributed by atoms with Crippen LogP contribution in [0.25, 0.3) is 0 Å². The molecule has 0 amide bonds. The van der Waals surface area contributed by atoms with E-state index >= 15 is 0 Å². The van der Waals surface area contributed by atoms with Gasteiger partial charge in [-0.05, 0) is 49.3 Å². The highest BCUT2D eigenvalue weighted by Crippen LogP contribution is 2.41. The van der Waals surface area contributed by atoms with Crippen LogP contribution in [-0.2, 0) is 9.53 Å². The third-order valence-electron chi connectivity index (χ3n) is 4.21. The lowest BCUT2D eigenvalue weighted by Crippen LogP contribution is -2.42. The molecule has 0 saturated carbocycles. The van der Waals surface area contributed by atoms with Gasteiger partial charge in [0.2, 0.25) is 0 Å². The molecule has 2 heterocycles. The molecule has 21 heavy (non-hydrogen) atoms. The second-order valence-electron chi connectivity index (χ2n) is 5.73. The molecular formula is C16H19FO2S2. The Hall–Kier alpha value is -0.520. The van der Waals surface area contributed by atoms with Crippen molar-refractivity contribution in [1.82, 2.24) is 0 Å². The summed E-state index contributed by atoms with van der Waals surface area (Å²) in [6.07, 6.45) is 2.80. The van der Waals surface area contributed by atoms with Crippen LogP contribution in [0.1, 0.15) is 19.3 Å². The van der Waals surface area contributed by atoms with Crippen molar-refractivity contribution in [3.05, 3.63) is 30.1 Å². The van der Waals surface area contributed by atoms with E-state index in [1.165, 1.54) is 23.9 Å². The maximum Gasteiger partial charge on any atom is 0.146 e. The van der Waals surface area contributed by atoms with Gasteiger partial charge in [-0.3, -0.25) is 4.79 Å². The van der Waals surface area contributed by atoms with Crippen LogP contribution >= 0.6 is 23.5 Å². The Morgan fingerprint density at radius 1 is 1.43 bits per heavy atom. The van der Waals surface area contributed by atoms with E-state index in [1.807, 2.05) is 11.8 Å². The van der Waals surface area contributed by atoms with Crippen molar-refractivity contribution in [2.45, 2.75) is 29.8 Å². The number of Topliss-reactive ketones (excluding diaryl/α,β-unsaturated/α-hetero) is 1. The van der Waals surface area contributed by atoms with Crippen LogP contribution in [0.15, 0.2) is 29.2 Å². The molecule has 2 nitrogen and oxygen atoms in total. The first-order valence-electron chi connectivity index (χ1n) is 7.30. The maximum absolute atomic E-state index is 12.9. The standard InChI is InChI=1S/C16H19FO2S2/c17-13-1-3-14(4-2-13)21-10-15(18)12-5-7-19-16(9-12)6-8-20-11-16/h1-4,12H,5-11H2. The third-order valence-corrected chi connectivity index (χ3v) is 6.47. The van der Waals surface area contributed by atoms with Gasteiger partial charge in [-0.1, -0.05) is 0 Å². The monoisotopic (exact) mass is 326 g/mol. The molecule has 0 aromatic heterocycles. The minimum absolute atomic E-state index is 0.0379. The van der Waals surface area contributed by atoms with Gasteiger partial charge >= 0.3 is 0 Å². The van der Waals surface area contributed by atoms with Gasteiger partial charge in [0, 0.05) is 23.2 Å². The molecule has 2 atom stereocenters. The van der Waals surface area contributed by atoms with Crippen LogP contribution in [0.4, 0.5) is 4.39 Å².